The fraction of sp³-hybridized carbons (Fsp3) is 0.846. The lowest BCUT2D eigenvalue weighted by Gasteiger charge is -2.28. The molecule has 1 N–H and O–H groups in total. The van der Waals surface area contributed by atoms with Gasteiger partial charge in [0.25, 0.3) is 0 Å². The van der Waals surface area contributed by atoms with E-state index in [0.29, 0.717) is 32.3 Å². The summed E-state index contributed by atoms with van der Waals surface area (Å²) in [7, 11) is 1.62. The molecule has 0 aromatic carbocycles. The number of nitrogens with zero attached hydrogens (tertiary/aromatic N) is 2. The molecule has 1 heterocycles. The minimum atomic E-state index is -0.808. The Morgan fingerprint density at radius 2 is 2.05 bits per heavy atom. The van der Waals surface area contributed by atoms with Crippen molar-refractivity contribution in [3.63, 3.8) is 0 Å². The summed E-state index contributed by atoms with van der Waals surface area (Å²) in [5.41, 5.74) is 0. The highest BCUT2D eigenvalue weighted by Crippen LogP contribution is 2.30. The lowest BCUT2D eigenvalue weighted by atomic mass is 9.99. The van der Waals surface area contributed by atoms with E-state index in [4.69, 9.17) is 9.84 Å². The Bertz CT molecular complexity index is 357. The Kier molecular flexibility index (Phi) is 4.29. The number of carboxylic acids is 1. The number of aliphatic carboxylic acids is 1. The summed E-state index contributed by atoms with van der Waals surface area (Å²) in [5, 5.41) is 9.11. The first kappa shape index (κ1) is 14.1. The molecule has 2 atom stereocenters. The van der Waals surface area contributed by atoms with E-state index < -0.39 is 11.9 Å². The first-order chi connectivity index (χ1) is 9.04. The molecule has 2 rings (SSSR count). The Balaban J connectivity index is 1.96. The van der Waals surface area contributed by atoms with Crippen molar-refractivity contribution in [2.75, 3.05) is 33.4 Å². The van der Waals surface area contributed by atoms with Crippen LogP contribution in [-0.4, -0.2) is 66.3 Å². The molecule has 1 saturated heterocycles. The molecule has 0 bridgehead atoms. The van der Waals surface area contributed by atoms with Gasteiger partial charge in [-0.15, -0.1) is 0 Å². The molecule has 2 amide bonds. The lowest BCUT2D eigenvalue weighted by Crippen LogP contribution is -2.45. The largest absolute Gasteiger partial charge is 0.481 e. The number of amides is 2. The van der Waals surface area contributed by atoms with Crippen LogP contribution in [0.2, 0.25) is 0 Å². The number of hydrogen-bond donors (Lipinski definition) is 1. The zero-order chi connectivity index (χ0) is 14.0. The zero-order valence-corrected chi connectivity index (χ0v) is 11.5. The van der Waals surface area contributed by atoms with Gasteiger partial charge in [-0.1, -0.05) is 6.92 Å². The van der Waals surface area contributed by atoms with Gasteiger partial charge in [0.05, 0.1) is 12.5 Å². The van der Waals surface area contributed by atoms with E-state index in [1.807, 2.05) is 11.8 Å². The van der Waals surface area contributed by atoms with Crippen molar-refractivity contribution < 1.29 is 19.4 Å². The van der Waals surface area contributed by atoms with Crippen molar-refractivity contribution in [3.05, 3.63) is 0 Å². The van der Waals surface area contributed by atoms with Gasteiger partial charge in [-0.3, -0.25) is 4.79 Å². The van der Waals surface area contributed by atoms with Crippen LogP contribution in [0.5, 0.6) is 0 Å². The fourth-order valence-corrected chi connectivity index (χ4v) is 2.64. The van der Waals surface area contributed by atoms with E-state index in [0.717, 1.165) is 12.8 Å². The van der Waals surface area contributed by atoms with E-state index in [9.17, 15) is 9.59 Å². The number of likely N-dealkylation sites (tertiary alicyclic amines) is 1. The van der Waals surface area contributed by atoms with Crippen LogP contribution in [0.25, 0.3) is 0 Å². The number of hydrogen-bond acceptors (Lipinski definition) is 3. The minimum absolute atomic E-state index is 0.0185. The van der Waals surface area contributed by atoms with Crippen molar-refractivity contribution in [1.82, 2.24) is 9.80 Å². The van der Waals surface area contributed by atoms with Gasteiger partial charge >= 0.3 is 12.0 Å². The van der Waals surface area contributed by atoms with Gasteiger partial charge in [-0.2, -0.15) is 0 Å². The van der Waals surface area contributed by atoms with Gasteiger partial charge in [0.2, 0.25) is 0 Å². The molecule has 1 aliphatic heterocycles. The summed E-state index contributed by atoms with van der Waals surface area (Å²) in [5.74, 6) is -1.23. The zero-order valence-electron chi connectivity index (χ0n) is 11.5. The van der Waals surface area contributed by atoms with Gasteiger partial charge in [0.1, 0.15) is 0 Å². The molecule has 6 heteroatoms. The molecule has 108 valence electrons. The standard InChI is InChI=1S/C13H22N2O4/c1-9-7-14(8-11(9)12(16)17)13(18)15(5-6-19-2)10-3-4-10/h9-11H,3-8H2,1-2H3,(H,16,17). The van der Waals surface area contributed by atoms with Crippen LogP contribution in [0.1, 0.15) is 19.8 Å². The van der Waals surface area contributed by atoms with Crippen molar-refractivity contribution in [2.45, 2.75) is 25.8 Å². The molecule has 0 aromatic heterocycles. The number of methoxy groups -OCH3 is 1. The van der Waals surface area contributed by atoms with Gasteiger partial charge in [0, 0.05) is 32.8 Å². The molecule has 0 radical (unpaired) electrons. The Morgan fingerprint density at radius 3 is 2.53 bits per heavy atom. The van der Waals surface area contributed by atoms with E-state index in [-0.39, 0.29) is 11.9 Å². The first-order valence-electron chi connectivity index (χ1n) is 6.82. The quantitative estimate of drug-likeness (QED) is 0.804. The second-order valence-electron chi connectivity index (χ2n) is 5.53. The van der Waals surface area contributed by atoms with Crippen molar-refractivity contribution in [1.29, 1.82) is 0 Å². The van der Waals surface area contributed by atoms with Crippen LogP contribution in [0, 0.1) is 11.8 Å². The molecule has 19 heavy (non-hydrogen) atoms. The van der Waals surface area contributed by atoms with Crippen molar-refractivity contribution in [3.8, 4) is 0 Å². The first-order valence-corrected chi connectivity index (χ1v) is 6.82. The number of ether oxygens (including phenoxy) is 1. The Hall–Kier alpha value is -1.30. The summed E-state index contributed by atoms with van der Waals surface area (Å²) < 4.78 is 5.04. The number of carboxylic acid groups (broad SMARTS) is 1. The highest BCUT2D eigenvalue weighted by Gasteiger charge is 2.41. The smallest absolute Gasteiger partial charge is 0.320 e. The second kappa shape index (κ2) is 5.77. The van der Waals surface area contributed by atoms with Crippen LogP contribution in [0.4, 0.5) is 4.79 Å². The number of carbonyl (C=O) groups is 2. The van der Waals surface area contributed by atoms with Crippen LogP contribution < -0.4 is 0 Å². The number of rotatable bonds is 5. The average Bonchev–Trinajstić information content (AvgIpc) is 3.11. The number of urea groups is 1. The molecule has 2 aliphatic rings. The van der Waals surface area contributed by atoms with Gasteiger partial charge in [0.15, 0.2) is 0 Å². The number of carbonyl (C=O) groups excluding carboxylic acids is 1. The predicted octanol–water partition coefficient (Wildman–Crippen LogP) is 0.870. The van der Waals surface area contributed by atoms with Gasteiger partial charge < -0.3 is 19.6 Å². The van der Waals surface area contributed by atoms with Crippen LogP contribution in [-0.2, 0) is 9.53 Å². The third-order valence-electron chi connectivity index (χ3n) is 3.97. The second-order valence-corrected chi connectivity index (χ2v) is 5.53. The summed E-state index contributed by atoms with van der Waals surface area (Å²) >= 11 is 0. The van der Waals surface area contributed by atoms with Gasteiger partial charge in [-0.25, -0.2) is 4.79 Å². The maximum Gasteiger partial charge on any atom is 0.320 e. The monoisotopic (exact) mass is 270 g/mol. The van der Waals surface area contributed by atoms with Crippen molar-refractivity contribution in [2.24, 2.45) is 11.8 Å². The van der Waals surface area contributed by atoms with E-state index in [1.54, 1.807) is 12.0 Å². The SMILES string of the molecule is COCCN(C(=O)N1CC(C)C(C(=O)O)C1)C1CC1. The highest BCUT2D eigenvalue weighted by atomic mass is 16.5. The minimum Gasteiger partial charge on any atom is -0.481 e. The van der Waals surface area contributed by atoms with Crippen molar-refractivity contribution >= 4 is 12.0 Å². The molecular formula is C13H22N2O4. The molecule has 2 fully saturated rings. The molecular weight excluding hydrogens is 248 g/mol. The lowest BCUT2D eigenvalue weighted by molar-refractivity contribution is -0.142. The predicted molar refractivity (Wildman–Crippen MR) is 68.9 cm³/mol. The molecule has 1 saturated carbocycles. The van der Waals surface area contributed by atoms with Crippen LogP contribution in [0.15, 0.2) is 0 Å². The molecule has 1 aliphatic carbocycles. The summed E-state index contributed by atoms with van der Waals surface area (Å²) in [4.78, 5) is 27.1. The fourth-order valence-electron chi connectivity index (χ4n) is 2.64. The molecule has 6 nitrogen and oxygen atoms in total. The molecule has 0 aromatic rings. The third kappa shape index (κ3) is 3.18. The van der Waals surface area contributed by atoms with Crippen LogP contribution in [0.3, 0.4) is 0 Å². The summed E-state index contributed by atoms with van der Waals surface area (Å²) in [6, 6.07) is 0.289. The average molecular weight is 270 g/mol. The van der Waals surface area contributed by atoms with E-state index >= 15 is 0 Å². The highest BCUT2D eigenvalue weighted by molar-refractivity contribution is 5.78. The maximum absolute atomic E-state index is 12.4. The Morgan fingerprint density at radius 1 is 1.37 bits per heavy atom. The van der Waals surface area contributed by atoms with E-state index in [2.05, 4.69) is 0 Å². The summed E-state index contributed by atoms with van der Waals surface area (Å²) in [6.45, 7) is 3.86. The van der Waals surface area contributed by atoms with Gasteiger partial charge in [-0.05, 0) is 18.8 Å². The van der Waals surface area contributed by atoms with E-state index in [1.165, 1.54) is 0 Å². The van der Waals surface area contributed by atoms with Crippen LogP contribution >= 0.6 is 0 Å². The molecule has 2 unspecified atom stereocenters. The summed E-state index contributed by atoms with van der Waals surface area (Å²) in [6.07, 6.45) is 2.09. The topological polar surface area (TPSA) is 70.1 Å². The third-order valence-corrected chi connectivity index (χ3v) is 3.97. The molecule has 0 spiro atoms. The normalized spacial score (nSPS) is 26.5. The Labute approximate surface area is 113 Å². The maximum atomic E-state index is 12.4.